The fourth-order valence-corrected chi connectivity index (χ4v) is 2.22. The Kier molecular flexibility index (Phi) is 10.3. The number of rotatable bonds is 8. The Hall–Kier alpha value is -1.84. The molecule has 2 rings (SSSR count). The summed E-state index contributed by atoms with van der Waals surface area (Å²) in [4.78, 5) is 8.79. The van der Waals surface area contributed by atoms with Gasteiger partial charge in [-0.2, -0.15) is 0 Å². The van der Waals surface area contributed by atoms with Crippen molar-refractivity contribution in [3.63, 3.8) is 0 Å². The molecule has 156 valence electrons. The van der Waals surface area contributed by atoms with E-state index >= 15 is 0 Å². The first-order valence-corrected chi connectivity index (χ1v) is 9.24. The van der Waals surface area contributed by atoms with Crippen molar-refractivity contribution in [2.45, 2.75) is 46.1 Å². The van der Waals surface area contributed by atoms with E-state index in [-0.39, 0.29) is 35.2 Å². The summed E-state index contributed by atoms with van der Waals surface area (Å²) in [7, 11) is 0. The van der Waals surface area contributed by atoms with Crippen LogP contribution in [0.1, 0.15) is 45.8 Å². The third kappa shape index (κ3) is 8.45. The Morgan fingerprint density at radius 2 is 1.93 bits per heavy atom. The number of oxazole rings is 1. The van der Waals surface area contributed by atoms with E-state index in [9.17, 15) is 4.39 Å². The van der Waals surface area contributed by atoms with Crippen LogP contribution in [0.25, 0.3) is 0 Å². The predicted molar refractivity (Wildman–Crippen MR) is 120 cm³/mol. The molecule has 0 spiro atoms. The average molecular weight is 504 g/mol. The van der Waals surface area contributed by atoms with Gasteiger partial charge in [-0.3, -0.25) is 0 Å². The summed E-state index contributed by atoms with van der Waals surface area (Å²) in [5, 5.41) is 6.44. The normalized spacial score (nSPS) is 11.7. The van der Waals surface area contributed by atoms with Crippen molar-refractivity contribution in [3.8, 4) is 5.75 Å². The van der Waals surface area contributed by atoms with Gasteiger partial charge in [-0.15, -0.1) is 24.0 Å². The van der Waals surface area contributed by atoms with E-state index < -0.39 is 0 Å². The van der Waals surface area contributed by atoms with Gasteiger partial charge in [0.05, 0.1) is 12.8 Å². The highest BCUT2D eigenvalue weighted by molar-refractivity contribution is 14.0. The van der Waals surface area contributed by atoms with Gasteiger partial charge in [-0.05, 0) is 37.6 Å². The lowest BCUT2D eigenvalue weighted by Gasteiger charge is -2.13. The maximum absolute atomic E-state index is 12.8. The highest BCUT2D eigenvalue weighted by Crippen LogP contribution is 2.22. The van der Waals surface area contributed by atoms with Gasteiger partial charge >= 0.3 is 0 Å². The number of nitrogens with one attached hydrogen (secondary N) is 2. The zero-order valence-electron chi connectivity index (χ0n) is 16.9. The van der Waals surface area contributed by atoms with E-state index in [2.05, 4.69) is 41.4 Å². The van der Waals surface area contributed by atoms with Crippen LogP contribution >= 0.6 is 24.0 Å². The predicted octanol–water partition coefficient (Wildman–Crippen LogP) is 4.25. The Morgan fingerprint density at radius 3 is 2.54 bits per heavy atom. The van der Waals surface area contributed by atoms with Gasteiger partial charge in [-0.1, -0.05) is 20.8 Å². The molecule has 0 aliphatic carbocycles. The molecule has 0 amide bonds. The second kappa shape index (κ2) is 11.9. The van der Waals surface area contributed by atoms with E-state index in [4.69, 9.17) is 9.15 Å². The summed E-state index contributed by atoms with van der Waals surface area (Å²) >= 11 is 0. The molecule has 0 saturated carbocycles. The minimum absolute atomic E-state index is 0. The zero-order valence-corrected chi connectivity index (χ0v) is 19.2. The van der Waals surface area contributed by atoms with E-state index in [1.54, 1.807) is 18.3 Å². The summed E-state index contributed by atoms with van der Waals surface area (Å²) in [5.74, 6) is 2.54. The van der Waals surface area contributed by atoms with Gasteiger partial charge in [-0.25, -0.2) is 14.4 Å². The average Bonchev–Trinajstić information content (AvgIpc) is 3.10. The molecule has 0 saturated heterocycles. The molecule has 0 aliphatic heterocycles. The minimum Gasteiger partial charge on any atom is -0.494 e. The monoisotopic (exact) mass is 504 g/mol. The first-order chi connectivity index (χ1) is 12.9. The Morgan fingerprint density at radius 1 is 1.21 bits per heavy atom. The maximum Gasteiger partial charge on any atom is 0.216 e. The molecule has 1 aromatic heterocycles. The highest BCUT2D eigenvalue weighted by Gasteiger charge is 2.18. The van der Waals surface area contributed by atoms with Gasteiger partial charge in [0.25, 0.3) is 0 Å². The number of aliphatic imine (C=N–C) groups is 1. The molecule has 0 bridgehead atoms. The summed E-state index contributed by atoms with van der Waals surface area (Å²) in [5.41, 5.74) is -0.0672. The number of halogens is 2. The molecular formula is C20H30FIN4O2. The van der Waals surface area contributed by atoms with Crippen molar-refractivity contribution in [1.82, 2.24) is 15.6 Å². The quantitative estimate of drug-likeness (QED) is 0.244. The lowest BCUT2D eigenvalue weighted by atomic mass is 9.94. The number of benzene rings is 1. The highest BCUT2D eigenvalue weighted by atomic mass is 127. The molecule has 28 heavy (non-hydrogen) atoms. The maximum atomic E-state index is 12.8. The number of hydrogen-bond donors (Lipinski definition) is 2. The smallest absolute Gasteiger partial charge is 0.216 e. The Bertz CT molecular complexity index is 727. The van der Waals surface area contributed by atoms with Crippen LogP contribution in [0.4, 0.5) is 4.39 Å². The largest absolute Gasteiger partial charge is 0.494 e. The minimum atomic E-state index is -0.267. The van der Waals surface area contributed by atoms with Crippen LogP contribution in [0.2, 0.25) is 0 Å². The van der Waals surface area contributed by atoms with Gasteiger partial charge in [0, 0.05) is 18.5 Å². The van der Waals surface area contributed by atoms with E-state index in [1.165, 1.54) is 12.1 Å². The van der Waals surface area contributed by atoms with Crippen LogP contribution in [-0.2, 0) is 12.0 Å². The summed E-state index contributed by atoms with van der Waals surface area (Å²) in [6, 6.07) is 6.02. The number of hydrogen-bond acceptors (Lipinski definition) is 4. The van der Waals surface area contributed by atoms with Crippen LogP contribution in [0.5, 0.6) is 5.75 Å². The van der Waals surface area contributed by atoms with Crippen molar-refractivity contribution >= 4 is 29.9 Å². The SMILES string of the molecule is CCNC(=NCc1ncc(C(C)(C)C)o1)NCCCOc1ccc(F)cc1.I. The van der Waals surface area contributed by atoms with Gasteiger partial charge in [0.15, 0.2) is 5.96 Å². The van der Waals surface area contributed by atoms with Crippen LogP contribution in [0.3, 0.4) is 0 Å². The molecule has 1 aromatic carbocycles. The first kappa shape index (κ1) is 24.2. The Balaban J connectivity index is 0.00000392. The molecular weight excluding hydrogens is 474 g/mol. The summed E-state index contributed by atoms with van der Waals surface area (Å²) < 4.78 is 24.2. The van der Waals surface area contributed by atoms with Gasteiger partial charge in [0.1, 0.15) is 23.9 Å². The van der Waals surface area contributed by atoms with Crippen molar-refractivity contribution in [1.29, 1.82) is 0 Å². The van der Waals surface area contributed by atoms with E-state index in [1.807, 2.05) is 6.92 Å². The molecule has 0 atom stereocenters. The molecule has 0 unspecified atom stereocenters. The molecule has 0 aliphatic rings. The van der Waals surface area contributed by atoms with Crippen molar-refractivity contribution in [2.75, 3.05) is 19.7 Å². The molecule has 6 nitrogen and oxygen atoms in total. The lowest BCUT2D eigenvalue weighted by molar-refractivity contribution is 0.310. The number of guanidine groups is 1. The van der Waals surface area contributed by atoms with Crippen molar-refractivity contribution < 1.29 is 13.5 Å². The molecule has 8 heteroatoms. The van der Waals surface area contributed by atoms with Crippen molar-refractivity contribution in [2.24, 2.45) is 4.99 Å². The lowest BCUT2D eigenvalue weighted by Crippen LogP contribution is -2.38. The number of ether oxygens (including phenoxy) is 1. The van der Waals surface area contributed by atoms with Crippen LogP contribution in [0, 0.1) is 5.82 Å². The first-order valence-electron chi connectivity index (χ1n) is 9.24. The van der Waals surface area contributed by atoms with Crippen LogP contribution in [-0.4, -0.2) is 30.6 Å². The number of nitrogens with zero attached hydrogens (tertiary/aromatic N) is 2. The fraction of sp³-hybridized carbons (Fsp3) is 0.500. The second-order valence-corrected chi connectivity index (χ2v) is 7.15. The molecule has 0 radical (unpaired) electrons. The van der Waals surface area contributed by atoms with Crippen molar-refractivity contribution in [3.05, 3.63) is 47.9 Å². The summed E-state index contributed by atoms with van der Waals surface area (Å²) in [6.07, 6.45) is 2.55. The van der Waals surface area contributed by atoms with Gasteiger partial charge < -0.3 is 19.8 Å². The third-order valence-electron chi connectivity index (χ3n) is 3.71. The van der Waals surface area contributed by atoms with Gasteiger partial charge in [0.2, 0.25) is 5.89 Å². The second-order valence-electron chi connectivity index (χ2n) is 7.15. The molecule has 0 fully saturated rings. The standard InChI is InChI=1S/C20H29FN4O2.HI/c1-5-22-19(25-14-18-24-13-17(27-18)20(2,3)4)23-11-6-12-26-16-9-7-15(21)8-10-16;/h7-10,13H,5-6,11-12,14H2,1-4H3,(H2,22,23,25);1H. The molecule has 2 N–H and O–H groups in total. The third-order valence-corrected chi connectivity index (χ3v) is 3.71. The fourth-order valence-electron chi connectivity index (χ4n) is 2.22. The molecule has 1 heterocycles. The molecule has 2 aromatic rings. The van der Waals surface area contributed by atoms with Crippen LogP contribution in [0.15, 0.2) is 39.9 Å². The van der Waals surface area contributed by atoms with E-state index in [0.717, 1.165) is 18.7 Å². The Labute approximate surface area is 183 Å². The topological polar surface area (TPSA) is 71.7 Å². The zero-order chi connectivity index (χ0) is 19.7. The number of aromatic nitrogens is 1. The summed E-state index contributed by atoms with van der Waals surface area (Å²) in [6.45, 7) is 10.6. The van der Waals surface area contributed by atoms with E-state index in [0.29, 0.717) is 37.3 Å². The van der Waals surface area contributed by atoms with Crippen LogP contribution < -0.4 is 15.4 Å².